The van der Waals surface area contributed by atoms with Crippen LogP contribution in [-0.2, 0) is 11.3 Å². The van der Waals surface area contributed by atoms with Gasteiger partial charge in [0.25, 0.3) is 5.91 Å². The first-order chi connectivity index (χ1) is 14.0. The molecule has 0 bridgehead atoms. The summed E-state index contributed by atoms with van der Waals surface area (Å²) in [4.78, 5) is 27.1. The molecule has 1 heterocycles. The molecule has 1 atom stereocenters. The summed E-state index contributed by atoms with van der Waals surface area (Å²) >= 11 is 0. The average molecular weight is 395 g/mol. The molecule has 2 aromatic carbocycles. The fourth-order valence-electron chi connectivity index (χ4n) is 3.74. The van der Waals surface area contributed by atoms with Crippen molar-refractivity contribution in [2.24, 2.45) is 5.92 Å². The van der Waals surface area contributed by atoms with Crippen LogP contribution in [0.5, 0.6) is 0 Å². The highest BCUT2D eigenvalue weighted by Crippen LogP contribution is 2.20. The summed E-state index contributed by atoms with van der Waals surface area (Å²) in [6, 6.07) is 13.0. The van der Waals surface area contributed by atoms with E-state index in [4.69, 9.17) is 4.74 Å². The summed E-state index contributed by atoms with van der Waals surface area (Å²) in [7, 11) is 0. The van der Waals surface area contributed by atoms with Crippen molar-refractivity contribution in [1.82, 2.24) is 4.90 Å². The maximum atomic E-state index is 12.7. The standard InChI is InChI=1S/C24H30N2O3/c1-4-29-24(28)21-10-7-18(3)22(14-21)25-23(27)20-11-8-19(9-12-20)16-26-13-5-6-17(2)15-26/h7-12,14,17H,4-6,13,15-16H2,1-3H3,(H,25,27). The monoisotopic (exact) mass is 394 g/mol. The minimum absolute atomic E-state index is 0.188. The predicted molar refractivity (Wildman–Crippen MR) is 115 cm³/mol. The van der Waals surface area contributed by atoms with Gasteiger partial charge in [0, 0.05) is 24.3 Å². The lowest BCUT2D eigenvalue weighted by Crippen LogP contribution is -2.33. The molecule has 1 saturated heterocycles. The first-order valence-electron chi connectivity index (χ1n) is 10.4. The number of rotatable bonds is 6. The highest BCUT2D eigenvalue weighted by Gasteiger charge is 2.17. The van der Waals surface area contributed by atoms with Crippen molar-refractivity contribution in [3.05, 3.63) is 64.7 Å². The normalized spacial score (nSPS) is 17.0. The molecule has 1 amide bonds. The Morgan fingerprint density at radius 3 is 2.55 bits per heavy atom. The Morgan fingerprint density at radius 1 is 1.14 bits per heavy atom. The van der Waals surface area contributed by atoms with Crippen molar-refractivity contribution in [2.75, 3.05) is 25.0 Å². The maximum absolute atomic E-state index is 12.7. The Balaban J connectivity index is 1.65. The summed E-state index contributed by atoms with van der Waals surface area (Å²) in [6.07, 6.45) is 2.57. The summed E-state index contributed by atoms with van der Waals surface area (Å²) in [6.45, 7) is 9.49. The smallest absolute Gasteiger partial charge is 0.338 e. The SMILES string of the molecule is CCOC(=O)c1ccc(C)c(NC(=O)c2ccc(CN3CCCC(C)C3)cc2)c1. The van der Waals surface area contributed by atoms with Crippen LogP contribution in [0.3, 0.4) is 0 Å². The van der Waals surface area contributed by atoms with Crippen LogP contribution in [-0.4, -0.2) is 36.5 Å². The number of aryl methyl sites for hydroxylation is 1. The second-order valence-electron chi connectivity index (χ2n) is 7.88. The first-order valence-corrected chi connectivity index (χ1v) is 10.4. The molecule has 5 heteroatoms. The minimum atomic E-state index is -0.389. The lowest BCUT2D eigenvalue weighted by atomic mass is 9.99. The lowest BCUT2D eigenvalue weighted by molar-refractivity contribution is 0.0526. The van der Waals surface area contributed by atoms with Crippen molar-refractivity contribution in [1.29, 1.82) is 0 Å². The van der Waals surface area contributed by atoms with Crippen LogP contribution in [0.1, 0.15) is 58.5 Å². The molecule has 0 aliphatic carbocycles. The van der Waals surface area contributed by atoms with E-state index in [0.717, 1.165) is 31.1 Å². The van der Waals surface area contributed by atoms with Crippen molar-refractivity contribution in [3.63, 3.8) is 0 Å². The molecule has 29 heavy (non-hydrogen) atoms. The number of nitrogens with one attached hydrogen (secondary N) is 1. The molecule has 1 aliphatic rings. The van der Waals surface area contributed by atoms with Gasteiger partial charge in [0.05, 0.1) is 12.2 Å². The van der Waals surface area contributed by atoms with E-state index in [2.05, 4.69) is 17.1 Å². The number of benzene rings is 2. The Hall–Kier alpha value is -2.66. The average Bonchev–Trinajstić information content (AvgIpc) is 2.70. The molecular weight excluding hydrogens is 364 g/mol. The zero-order valence-electron chi connectivity index (χ0n) is 17.5. The molecule has 0 spiro atoms. The first kappa shape index (κ1) is 21.1. The molecule has 0 saturated carbocycles. The Bertz CT molecular complexity index is 861. The number of hydrogen-bond acceptors (Lipinski definition) is 4. The van der Waals surface area contributed by atoms with Crippen LogP contribution in [0.15, 0.2) is 42.5 Å². The third-order valence-electron chi connectivity index (χ3n) is 5.36. The Kier molecular flexibility index (Phi) is 7.04. The van der Waals surface area contributed by atoms with Gasteiger partial charge in [0.2, 0.25) is 0 Å². The second-order valence-corrected chi connectivity index (χ2v) is 7.88. The van der Waals surface area contributed by atoms with Crippen LogP contribution >= 0.6 is 0 Å². The number of piperidine rings is 1. The summed E-state index contributed by atoms with van der Waals surface area (Å²) in [5.41, 5.74) is 3.76. The molecule has 1 N–H and O–H groups in total. The van der Waals surface area contributed by atoms with Crippen LogP contribution in [0, 0.1) is 12.8 Å². The molecule has 1 aliphatic heterocycles. The fraction of sp³-hybridized carbons (Fsp3) is 0.417. The van der Waals surface area contributed by atoms with E-state index in [9.17, 15) is 9.59 Å². The quantitative estimate of drug-likeness (QED) is 0.724. The van der Waals surface area contributed by atoms with Crippen LogP contribution in [0.2, 0.25) is 0 Å². The van der Waals surface area contributed by atoms with Crippen molar-refractivity contribution in [2.45, 2.75) is 40.2 Å². The van der Waals surface area contributed by atoms with Gasteiger partial charge >= 0.3 is 5.97 Å². The molecule has 1 fully saturated rings. The van der Waals surface area contributed by atoms with Crippen molar-refractivity contribution >= 4 is 17.6 Å². The molecule has 154 valence electrons. The molecule has 0 aromatic heterocycles. The van der Waals surface area contributed by atoms with Crippen molar-refractivity contribution in [3.8, 4) is 0 Å². The highest BCUT2D eigenvalue weighted by molar-refractivity contribution is 6.05. The third kappa shape index (κ3) is 5.67. The topological polar surface area (TPSA) is 58.6 Å². The maximum Gasteiger partial charge on any atom is 0.338 e. The summed E-state index contributed by atoms with van der Waals surface area (Å²) in [5, 5.41) is 2.91. The van der Waals surface area contributed by atoms with Gasteiger partial charge in [-0.15, -0.1) is 0 Å². The molecular formula is C24H30N2O3. The van der Waals surface area contributed by atoms with Crippen LogP contribution < -0.4 is 5.32 Å². The third-order valence-corrected chi connectivity index (χ3v) is 5.36. The summed E-state index contributed by atoms with van der Waals surface area (Å²) < 4.78 is 5.04. The van der Waals surface area contributed by atoms with E-state index in [-0.39, 0.29) is 11.9 Å². The summed E-state index contributed by atoms with van der Waals surface area (Å²) in [5.74, 6) is 0.175. The van der Waals surface area contributed by atoms with Gasteiger partial charge in [0.15, 0.2) is 0 Å². The second kappa shape index (κ2) is 9.70. The number of esters is 1. The number of carbonyl (C=O) groups is 2. The number of amides is 1. The molecule has 3 rings (SSSR count). The van der Waals surface area contributed by atoms with Gasteiger partial charge in [-0.3, -0.25) is 9.69 Å². The van der Waals surface area contributed by atoms with E-state index in [0.29, 0.717) is 23.4 Å². The lowest BCUT2D eigenvalue weighted by Gasteiger charge is -2.30. The fourth-order valence-corrected chi connectivity index (χ4v) is 3.74. The Labute approximate surface area is 173 Å². The van der Waals surface area contributed by atoms with Crippen LogP contribution in [0.4, 0.5) is 5.69 Å². The number of carbonyl (C=O) groups excluding carboxylic acids is 2. The molecule has 5 nitrogen and oxygen atoms in total. The van der Waals surface area contributed by atoms with Crippen molar-refractivity contribution < 1.29 is 14.3 Å². The molecule has 2 aromatic rings. The highest BCUT2D eigenvalue weighted by atomic mass is 16.5. The number of anilines is 1. The predicted octanol–water partition coefficient (Wildman–Crippen LogP) is 4.66. The van der Waals surface area contributed by atoms with E-state index >= 15 is 0 Å². The van der Waals surface area contributed by atoms with E-state index < -0.39 is 0 Å². The minimum Gasteiger partial charge on any atom is -0.462 e. The van der Waals surface area contributed by atoms with Gasteiger partial charge in [-0.05, 0) is 74.5 Å². The van der Waals surface area contributed by atoms with E-state index in [1.807, 2.05) is 37.3 Å². The van der Waals surface area contributed by atoms with E-state index in [1.165, 1.54) is 18.4 Å². The molecule has 1 unspecified atom stereocenters. The number of nitrogens with zero attached hydrogens (tertiary/aromatic N) is 1. The van der Waals surface area contributed by atoms with Crippen LogP contribution in [0.25, 0.3) is 0 Å². The van der Waals surface area contributed by atoms with Gasteiger partial charge in [-0.2, -0.15) is 0 Å². The number of likely N-dealkylation sites (tertiary alicyclic amines) is 1. The van der Waals surface area contributed by atoms with E-state index in [1.54, 1.807) is 19.1 Å². The Morgan fingerprint density at radius 2 is 1.86 bits per heavy atom. The van der Waals surface area contributed by atoms with Gasteiger partial charge in [0.1, 0.15) is 0 Å². The molecule has 0 radical (unpaired) electrons. The zero-order chi connectivity index (χ0) is 20.8. The number of ether oxygens (including phenoxy) is 1. The van der Waals surface area contributed by atoms with Gasteiger partial charge in [-0.1, -0.05) is 25.1 Å². The number of hydrogen-bond donors (Lipinski definition) is 1. The van der Waals surface area contributed by atoms with Gasteiger partial charge < -0.3 is 10.1 Å². The van der Waals surface area contributed by atoms with Gasteiger partial charge in [-0.25, -0.2) is 4.79 Å². The zero-order valence-corrected chi connectivity index (χ0v) is 17.5. The largest absolute Gasteiger partial charge is 0.462 e.